The van der Waals surface area contributed by atoms with E-state index in [2.05, 4.69) is 0 Å². The van der Waals surface area contributed by atoms with Crippen molar-refractivity contribution in [3.05, 3.63) is 20.4 Å². The van der Waals surface area contributed by atoms with Gasteiger partial charge in [-0.2, -0.15) is 0 Å². The maximum atomic E-state index is 10.5. The Balaban J connectivity index is 3.16. The van der Waals surface area contributed by atoms with Gasteiger partial charge in [0, 0.05) is 11.3 Å². The summed E-state index contributed by atoms with van der Waals surface area (Å²) in [5.41, 5.74) is 0. The minimum absolute atomic E-state index is 0.190. The van der Waals surface area contributed by atoms with E-state index in [1.807, 2.05) is 13.8 Å². The van der Waals surface area contributed by atoms with Crippen molar-refractivity contribution in [1.82, 2.24) is 0 Å². The van der Waals surface area contributed by atoms with Crippen molar-refractivity contribution in [3.8, 4) is 0 Å². The Labute approximate surface area is 57.1 Å². The fraction of sp³-hybridized carbons (Fsp3) is 0.500. The van der Waals surface area contributed by atoms with Crippen LogP contribution in [0.1, 0.15) is 17.6 Å². The molecule has 1 heterocycles. The fourth-order valence-electron chi connectivity index (χ4n) is 0.696. The molecule has 9 heavy (non-hydrogen) atoms. The van der Waals surface area contributed by atoms with Crippen molar-refractivity contribution in [2.75, 3.05) is 0 Å². The molecule has 0 saturated carbocycles. The van der Waals surface area contributed by atoms with E-state index < -0.39 is 0 Å². The summed E-state index contributed by atoms with van der Waals surface area (Å²) in [5, 5.41) is 0. The third-order valence-electron chi connectivity index (χ3n) is 1.16. The van der Waals surface area contributed by atoms with E-state index in [4.69, 9.17) is 4.42 Å². The molecule has 0 amide bonds. The third-order valence-corrected chi connectivity index (χ3v) is 1.94. The second-order valence-corrected chi connectivity index (χ2v) is 2.94. The monoisotopic (exact) mass is 144 g/mol. The van der Waals surface area contributed by atoms with Gasteiger partial charge in [-0.1, -0.05) is 18.3 Å². The third kappa shape index (κ3) is 1.21. The molecule has 3 heteroatoms. The van der Waals surface area contributed by atoms with Crippen LogP contribution in [0.5, 0.6) is 0 Å². The lowest BCUT2D eigenvalue weighted by atomic mass is 10.3. The van der Waals surface area contributed by atoms with Gasteiger partial charge in [-0.3, -0.25) is 0 Å². The number of aryl methyl sites for hydroxylation is 2. The van der Waals surface area contributed by atoms with Crippen LogP contribution in [0.25, 0.3) is 0 Å². The lowest BCUT2D eigenvalue weighted by molar-refractivity contribution is 0.486. The van der Waals surface area contributed by atoms with Gasteiger partial charge in [-0.05, 0) is 6.92 Å². The second-order valence-electron chi connectivity index (χ2n) is 1.79. The Morgan fingerprint density at radius 1 is 1.67 bits per heavy atom. The molecule has 2 nitrogen and oxygen atoms in total. The first kappa shape index (κ1) is 6.55. The Bertz CT molecular complexity index is 246. The molecule has 0 fully saturated rings. The molecule has 1 aromatic heterocycles. The lowest BCUT2D eigenvalue weighted by Crippen LogP contribution is -1.82. The molecule has 1 rings (SSSR count). The zero-order chi connectivity index (χ0) is 6.85. The minimum Gasteiger partial charge on any atom is -0.419 e. The molecule has 0 N–H and O–H groups in total. The van der Waals surface area contributed by atoms with Crippen molar-refractivity contribution in [2.45, 2.75) is 20.3 Å². The van der Waals surface area contributed by atoms with Crippen molar-refractivity contribution in [2.24, 2.45) is 0 Å². The summed E-state index contributed by atoms with van der Waals surface area (Å²) in [7, 11) is 0. The molecule has 0 aliphatic heterocycles. The first-order chi connectivity index (χ1) is 4.24. The van der Waals surface area contributed by atoms with Crippen LogP contribution >= 0.6 is 11.3 Å². The highest BCUT2D eigenvalue weighted by molar-refractivity contribution is 7.09. The summed E-state index contributed by atoms with van der Waals surface area (Å²) < 4.78 is 4.83. The predicted octanol–water partition coefficient (Wildman–Crippen LogP) is 1.57. The lowest BCUT2D eigenvalue weighted by Gasteiger charge is -1.84. The van der Waals surface area contributed by atoms with Crippen molar-refractivity contribution in [3.63, 3.8) is 0 Å². The van der Waals surface area contributed by atoms with Crippen molar-refractivity contribution in [1.29, 1.82) is 0 Å². The van der Waals surface area contributed by atoms with Crippen LogP contribution in [0.4, 0.5) is 0 Å². The molecule has 0 saturated heterocycles. The Morgan fingerprint density at radius 2 is 2.33 bits per heavy atom. The van der Waals surface area contributed by atoms with E-state index in [0.29, 0.717) is 0 Å². The summed E-state index contributed by atoms with van der Waals surface area (Å²) in [5.74, 6) is 0.824. The molecule has 0 bridgehead atoms. The Morgan fingerprint density at radius 3 is 2.56 bits per heavy atom. The van der Waals surface area contributed by atoms with E-state index in [9.17, 15) is 4.79 Å². The van der Waals surface area contributed by atoms with E-state index in [1.165, 1.54) is 11.3 Å². The quantitative estimate of drug-likeness (QED) is 0.599. The highest BCUT2D eigenvalue weighted by Gasteiger charge is 2.01. The van der Waals surface area contributed by atoms with Gasteiger partial charge in [-0.15, -0.1) is 0 Å². The molecule has 50 valence electrons. The van der Waals surface area contributed by atoms with E-state index in [-0.39, 0.29) is 4.94 Å². The smallest absolute Gasteiger partial charge is 0.395 e. The van der Waals surface area contributed by atoms with Gasteiger partial charge in [0.05, 0.1) is 0 Å². The van der Waals surface area contributed by atoms with Gasteiger partial charge in [0.25, 0.3) is 0 Å². The van der Waals surface area contributed by atoms with Crippen LogP contribution in [0.15, 0.2) is 9.21 Å². The molecule has 0 unspecified atom stereocenters. The zero-order valence-electron chi connectivity index (χ0n) is 5.43. The minimum atomic E-state index is -0.190. The second kappa shape index (κ2) is 2.35. The van der Waals surface area contributed by atoms with E-state index >= 15 is 0 Å². The molecule has 0 aliphatic carbocycles. The van der Waals surface area contributed by atoms with E-state index in [0.717, 1.165) is 17.1 Å². The topological polar surface area (TPSA) is 30.2 Å². The van der Waals surface area contributed by atoms with Crippen molar-refractivity contribution < 1.29 is 4.42 Å². The molecular weight excluding hydrogens is 136 g/mol. The molecule has 0 aromatic carbocycles. The number of hydrogen-bond donors (Lipinski definition) is 0. The summed E-state index contributed by atoms with van der Waals surface area (Å²) in [6.07, 6.45) is 0.810. The number of hydrogen-bond acceptors (Lipinski definition) is 3. The molecular formula is C6H8O2S. The van der Waals surface area contributed by atoms with Crippen LogP contribution in [-0.2, 0) is 6.42 Å². The largest absolute Gasteiger partial charge is 0.419 e. The Kier molecular flexibility index (Phi) is 1.71. The first-order valence-electron chi connectivity index (χ1n) is 2.83. The highest BCUT2D eigenvalue weighted by Crippen LogP contribution is 2.09. The summed E-state index contributed by atoms with van der Waals surface area (Å²) in [6, 6.07) is 0. The van der Waals surface area contributed by atoms with Crippen LogP contribution in [0.2, 0.25) is 0 Å². The molecule has 0 radical (unpaired) electrons. The van der Waals surface area contributed by atoms with Crippen LogP contribution in [0, 0.1) is 6.92 Å². The summed E-state index contributed by atoms with van der Waals surface area (Å²) in [6.45, 7) is 3.87. The average molecular weight is 144 g/mol. The van der Waals surface area contributed by atoms with Gasteiger partial charge in [0.15, 0.2) is 0 Å². The average Bonchev–Trinajstić information content (AvgIpc) is 2.10. The normalized spacial score (nSPS) is 10.0. The van der Waals surface area contributed by atoms with Gasteiger partial charge < -0.3 is 4.42 Å². The van der Waals surface area contributed by atoms with Crippen molar-refractivity contribution >= 4 is 11.3 Å². The van der Waals surface area contributed by atoms with Gasteiger partial charge >= 0.3 is 4.94 Å². The maximum Gasteiger partial charge on any atom is 0.395 e. The van der Waals surface area contributed by atoms with Crippen LogP contribution in [-0.4, -0.2) is 0 Å². The van der Waals surface area contributed by atoms with Gasteiger partial charge in [0.1, 0.15) is 5.76 Å². The standard InChI is InChI=1S/C6H8O2S/c1-3-5-4(2)9-6(7)8-5/h3H2,1-2H3. The SMILES string of the molecule is CCc1oc(=O)sc1C. The predicted molar refractivity (Wildman–Crippen MR) is 37.0 cm³/mol. The number of rotatable bonds is 1. The summed E-state index contributed by atoms with van der Waals surface area (Å²) in [4.78, 5) is 11.3. The highest BCUT2D eigenvalue weighted by atomic mass is 32.1. The van der Waals surface area contributed by atoms with Crippen LogP contribution < -0.4 is 4.94 Å². The molecule has 1 aromatic rings. The van der Waals surface area contributed by atoms with E-state index in [1.54, 1.807) is 0 Å². The molecule has 0 atom stereocenters. The summed E-state index contributed by atoms with van der Waals surface area (Å²) >= 11 is 1.17. The van der Waals surface area contributed by atoms with Crippen LogP contribution in [0.3, 0.4) is 0 Å². The molecule has 0 spiro atoms. The van der Waals surface area contributed by atoms with Gasteiger partial charge in [0.2, 0.25) is 0 Å². The Hall–Kier alpha value is -0.570. The first-order valence-corrected chi connectivity index (χ1v) is 3.65. The zero-order valence-corrected chi connectivity index (χ0v) is 6.25. The maximum absolute atomic E-state index is 10.5. The fourth-order valence-corrected chi connectivity index (χ4v) is 1.39. The van der Waals surface area contributed by atoms with Gasteiger partial charge in [-0.25, -0.2) is 4.79 Å². The molecule has 0 aliphatic rings.